The molecule has 3 aromatic heterocycles. The summed E-state index contributed by atoms with van der Waals surface area (Å²) in [6.07, 6.45) is -3.50. The predicted octanol–water partition coefficient (Wildman–Crippen LogP) is 4.59. The molecule has 0 saturated heterocycles. The first kappa shape index (κ1) is 23.1. The highest BCUT2D eigenvalue weighted by Crippen LogP contribution is 2.32. The second-order valence-electron chi connectivity index (χ2n) is 7.68. The van der Waals surface area contributed by atoms with Gasteiger partial charge in [0.25, 0.3) is 5.91 Å². The number of nitrogens with one attached hydrogen (secondary N) is 1. The van der Waals surface area contributed by atoms with Gasteiger partial charge >= 0.3 is 6.18 Å². The van der Waals surface area contributed by atoms with Crippen LogP contribution in [0.2, 0.25) is 0 Å². The number of anilines is 1. The second kappa shape index (κ2) is 8.83. The summed E-state index contributed by atoms with van der Waals surface area (Å²) in [7, 11) is 0. The summed E-state index contributed by atoms with van der Waals surface area (Å²) in [6.45, 7) is 0.181. The fourth-order valence-electron chi connectivity index (χ4n) is 3.47. The number of carbonyl (C=O) groups is 1. The Morgan fingerprint density at radius 2 is 1.72 bits per heavy atom. The number of fused-ring (bicyclic) bond motifs is 1. The molecule has 13 heteroatoms. The monoisotopic (exact) mass is 499 g/mol. The zero-order chi connectivity index (χ0) is 25.4. The van der Waals surface area contributed by atoms with E-state index >= 15 is 0 Å². The van der Waals surface area contributed by atoms with Crippen molar-refractivity contribution < 1.29 is 26.7 Å². The van der Waals surface area contributed by atoms with E-state index in [0.717, 1.165) is 24.3 Å². The third-order valence-corrected chi connectivity index (χ3v) is 5.09. The standard InChI is InChI=1S/C23H14F5N7O/c24-15-6-4-14(5-7-15)17-9-19(23(26,27)28)35-20(30-17)10-18(32-35)21(36)31-22-29-12-34(33-22)11-13-2-1-3-16(25)8-13/h1-10,12H,11H2,(H,31,33,36). The summed E-state index contributed by atoms with van der Waals surface area (Å²) in [5.41, 5.74) is -0.960. The first-order chi connectivity index (χ1) is 17.2. The molecule has 5 rings (SSSR count). The second-order valence-corrected chi connectivity index (χ2v) is 7.68. The lowest BCUT2D eigenvalue weighted by molar-refractivity contribution is -0.142. The van der Waals surface area contributed by atoms with E-state index in [1.54, 1.807) is 12.1 Å². The molecule has 0 spiro atoms. The van der Waals surface area contributed by atoms with Crippen molar-refractivity contribution in [1.29, 1.82) is 0 Å². The number of aromatic nitrogens is 6. The van der Waals surface area contributed by atoms with E-state index in [4.69, 9.17) is 0 Å². The number of hydrogen-bond acceptors (Lipinski definition) is 5. The molecule has 182 valence electrons. The molecule has 0 fully saturated rings. The van der Waals surface area contributed by atoms with Gasteiger partial charge in [0.05, 0.1) is 12.2 Å². The van der Waals surface area contributed by atoms with E-state index in [1.165, 1.54) is 35.3 Å². The van der Waals surface area contributed by atoms with Crippen molar-refractivity contribution in [2.45, 2.75) is 12.7 Å². The zero-order valence-corrected chi connectivity index (χ0v) is 18.0. The van der Waals surface area contributed by atoms with Gasteiger partial charge in [-0.3, -0.25) is 10.1 Å². The smallest absolute Gasteiger partial charge is 0.288 e. The molecule has 0 aliphatic rings. The Hall–Kier alpha value is -4.68. The summed E-state index contributed by atoms with van der Waals surface area (Å²) >= 11 is 0. The molecule has 1 N–H and O–H groups in total. The third kappa shape index (κ3) is 4.76. The van der Waals surface area contributed by atoms with Crippen molar-refractivity contribution >= 4 is 17.5 Å². The maximum Gasteiger partial charge on any atom is 0.433 e. The maximum atomic E-state index is 13.7. The van der Waals surface area contributed by atoms with Gasteiger partial charge in [0.1, 0.15) is 18.0 Å². The van der Waals surface area contributed by atoms with Crippen molar-refractivity contribution in [2.75, 3.05) is 5.32 Å². The van der Waals surface area contributed by atoms with Crippen LogP contribution in [-0.4, -0.2) is 35.3 Å². The minimum absolute atomic E-state index is 0.0700. The Kier molecular flexibility index (Phi) is 5.66. The van der Waals surface area contributed by atoms with Gasteiger partial charge in [-0.2, -0.15) is 18.3 Å². The number of rotatable bonds is 5. The molecule has 0 saturated carbocycles. The number of nitrogens with zero attached hydrogens (tertiary/aromatic N) is 6. The fraction of sp³-hybridized carbons (Fsp3) is 0.0870. The van der Waals surface area contributed by atoms with Crippen LogP contribution in [0, 0.1) is 11.6 Å². The highest BCUT2D eigenvalue weighted by atomic mass is 19.4. The summed E-state index contributed by atoms with van der Waals surface area (Å²) < 4.78 is 69.7. The fourth-order valence-corrected chi connectivity index (χ4v) is 3.47. The van der Waals surface area contributed by atoms with Crippen molar-refractivity contribution in [3.05, 3.63) is 95.6 Å². The van der Waals surface area contributed by atoms with Gasteiger partial charge in [-0.25, -0.2) is 27.9 Å². The Balaban J connectivity index is 1.42. The molecule has 1 amide bonds. The van der Waals surface area contributed by atoms with Gasteiger partial charge in [0.2, 0.25) is 5.95 Å². The van der Waals surface area contributed by atoms with Crippen molar-refractivity contribution in [1.82, 2.24) is 29.4 Å². The lowest BCUT2D eigenvalue weighted by Gasteiger charge is -2.11. The van der Waals surface area contributed by atoms with Gasteiger partial charge in [-0.15, -0.1) is 5.10 Å². The van der Waals surface area contributed by atoms with Gasteiger partial charge in [0, 0.05) is 11.6 Å². The van der Waals surface area contributed by atoms with Crippen LogP contribution >= 0.6 is 0 Å². The molecule has 2 aromatic carbocycles. The van der Waals surface area contributed by atoms with Crippen molar-refractivity contribution in [2.24, 2.45) is 0 Å². The van der Waals surface area contributed by atoms with E-state index in [2.05, 4.69) is 25.5 Å². The van der Waals surface area contributed by atoms with Gasteiger partial charge in [-0.05, 0) is 48.0 Å². The summed E-state index contributed by atoms with van der Waals surface area (Å²) in [6, 6.07) is 12.5. The molecular formula is C23H14F5N7O. The molecule has 8 nitrogen and oxygen atoms in total. The Labute approximate surface area is 199 Å². The quantitative estimate of drug-likeness (QED) is 0.358. The minimum atomic E-state index is -4.81. The first-order valence-corrected chi connectivity index (χ1v) is 10.3. The average Bonchev–Trinajstić information content (AvgIpc) is 3.45. The average molecular weight is 499 g/mol. The molecule has 0 aliphatic heterocycles. The predicted molar refractivity (Wildman–Crippen MR) is 117 cm³/mol. The van der Waals surface area contributed by atoms with Gasteiger partial charge < -0.3 is 0 Å². The highest BCUT2D eigenvalue weighted by molar-refractivity contribution is 6.02. The topological polar surface area (TPSA) is 90.0 Å². The lowest BCUT2D eigenvalue weighted by atomic mass is 10.1. The largest absolute Gasteiger partial charge is 0.433 e. The van der Waals surface area contributed by atoms with Crippen LogP contribution in [0.4, 0.5) is 27.9 Å². The molecule has 0 radical (unpaired) electrons. The molecule has 0 bridgehead atoms. The molecule has 0 aliphatic carbocycles. The van der Waals surface area contributed by atoms with Crippen molar-refractivity contribution in [3.8, 4) is 11.3 Å². The van der Waals surface area contributed by atoms with E-state index in [-0.39, 0.29) is 35.1 Å². The molecule has 36 heavy (non-hydrogen) atoms. The number of carbonyl (C=O) groups excluding carboxylic acids is 1. The van der Waals surface area contributed by atoms with E-state index < -0.39 is 29.4 Å². The third-order valence-electron chi connectivity index (χ3n) is 5.09. The number of halogens is 5. The van der Waals surface area contributed by atoms with Crippen LogP contribution < -0.4 is 5.32 Å². The Morgan fingerprint density at radius 1 is 0.944 bits per heavy atom. The van der Waals surface area contributed by atoms with Crippen molar-refractivity contribution in [3.63, 3.8) is 0 Å². The number of alkyl halides is 3. The summed E-state index contributed by atoms with van der Waals surface area (Å²) in [5.74, 6) is -1.95. The molecule has 0 atom stereocenters. The minimum Gasteiger partial charge on any atom is -0.288 e. The number of hydrogen-bond donors (Lipinski definition) is 1. The Bertz CT molecular complexity index is 1570. The van der Waals surface area contributed by atoms with Crippen LogP contribution in [0.15, 0.2) is 67.0 Å². The normalized spacial score (nSPS) is 11.7. The van der Waals surface area contributed by atoms with Crippen LogP contribution in [0.1, 0.15) is 21.7 Å². The lowest BCUT2D eigenvalue weighted by Crippen LogP contribution is -2.16. The van der Waals surface area contributed by atoms with E-state index in [9.17, 15) is 26.7 Å². The summed E-state index contributed by atoms with van der Waals surface area (Å²) in [5, 5.41) is 10.2. The highest BCUT2D eigenvalue weighted by Gasteiger charge is 2.35. The molecule has 3 heterocycles. The van der Waals surface area contributed by atoms with E-state index in [0.29, 0.717) is 10.1 Å². The van der Waals surface area contributed by atoms with Crippen LogP contribution in [0.5, 0.6) is 0 Å². The number of amides is 1. The zero-order valence-electron chi connectivity index (χ0n) is 18.0. The SMILES string of the molecule is O=C(Nc1ncn(Cc2cccc(F)c2)n1)c1cc2nc(-c3ccc(F)cc3)cc(C(F)(F)F)n2n1. The molecule has 5 aromatic rings. The van der Waals surface area contributed by atoms with Crippen LogP contribution in [-0.2, 0) is 12.7 Å². The van der Waals surface area contributed by atoms with Gasteiger partial charge in [-0.1, -0.05) is 12.1 Å². The summed E-state index contributed by atoms with van der Waals surface area (Å²) in [4.78, 5) is 20.8. The number of benzene rings is 2. The van der Waals surface area contributed by atoms with E-state index in [1.807, 2.05) is 0 Å². The maximum absolute atomic E-state index is 13.7. The van der Waals surface area contributed by atoms with Crippen LogP contribution in [0.3, 0.4) is 0 Å². The molecular weight excluding hydrogens is 485 g/mol. The van der Waals surface area contributed by atoms with Crippen LogP contribution in [0.25, 0.3) is 16.9 Å². The Morgan fingerprint density at radius 3 is 2.44 bits per heavy atom. The molecule has 0 unspecified atom stereocenters. The first-order valence-electron chi connectivity index (χ1n) is 10.3. The van der Waals surface area contributed by atoms with Gasteiger partial charge in [0.15, 0.2) is 17.0 Å².